The van der Waals surface area contributed by atoms with E-state index in [1.807, 2.05) is 34.6 Å². The van der Waals surface area contributed by atoms with Crippen LogP contribution in [0.2, 0.25) is 0 Å². The van der Waals surface area contributed by atoms with Crippen molar-refractivity contribution in [2.24, 2.45) is 0 Å². The van der Waals surface area contributed by atoms with E-state index in [0.717, 1.165) is 11.4 Å². The molecule has 28 heavy (non-hydrogen) atoms. The number of aliphatic hydroxyl groups is 1. The maximum Gasteiger partial charge on any atom is 0.387 e. The molecule has 0 bridgehead atoms. The van der Waals surface area contributed by atoms with Crippen LogP contribution in [0.15, 0.2) is 0 Å². The summed E-state index contributed by atoms with van der Waals surface area (Å²) in [7, 11) is 0. The average molecular weight is 443 g/mol. The highest BCUT2D eigenvalue weighted by Gasteiger charge is 2.45. The van der Waals surface area contributed by atoms with E-state index in [9.17, 15) is 14.6 Å². The van der Waals surface area contributed by atoms with Crippen molar-refractivity contribution in [3.63, 3.8) is 0 Å². The van der Waals surface area contributed by atoms with Gasteiger partial charge in [-0.05, 0) is 59.3 Å². The Morgan fingerprint density at radius 3 is 2.39 bits per heavy atom. The first-order chi connectivity index (χ1) is 13.0. The van der Waals surface area contributed by atoms with Gasteiger partial charge < -0.3 is 28.9 Å². The van der Waals surface area contributed by atoms with Crippen molar-refractivity contribution in [2.75, 3.05) is 13.2 Å². The molecule has 0 radical (unpaired) electrons. The Morgan fingerprint density at radius 2 is 1.79 bits per heavy atom. The van der Waals surface area contributed by atoms with Gasteiger partial charge in [-0.25, -0.2) is 4.57 Å². The van der Waals surface area contributed by atoms with Gasteiger partial charge in [-0.3, -0.25) is 4.52 Å². The summed E-state index contributed by atoms with van der Waals surface area (Å²) in [4.78, 5) is 10.4. The van der Waals surface area contributed by atoms with Crippen LogP contribution in [0.4, 0.5) is 0 Å². The molecule has 2 rings (SSSR count). The van der Waals surface area contributed by atoms with Crippen LogP contribution in [0.1, 0.15) is 48.0 Å². The smallest absolute Gasteiger partial charge is 0.387 e. The van der Waals surface area contributed by atoms with Gasteiger partial charge in [0.1, 0.15) is 18.3 Å². The van der Waals surface area contributed by atoms with Gasteiger partial charge in [0.05, 0.1) is 43.7 Å². The first kappa shape index (κ1) is 24.6. The molecule has 10 heteroatoms. The molecule has 2 fully saturated rings. The minimum Gasteiger partial charge on any atom is -0.388 e. The molecule has 0 aliphatic carbocycles. The molecule has 0 amide bonds. The lowest BCUT2D eigenvalue weighted by Gasteiger charge is -2.25. The summed E-state index contributed by atoms with van der Waals surface area (Å²) in [6.07, 6.45) is -2.08. The maximum atomic E-state index is 12.6. The van der Waals surface area contributed by atoms with Crippen molar-refractivity contribution in [2.45, 2.75) is 102 Å². The molecule has 2 N–H and O–H groups in total. The number of ether oxygens (including phenoxy) is 4. The number of hydrogen-bond donors (Lipinski definition) is 2. The molecule has 2 unspecified atom stereocenters. The van der Waals surface area contributed by atoms with Crippen molar-refractivity contribution < 1.29 is 38.0 Å². The van der Waals surface area contributed by atoms with Gasteiger partial charge >= 0.3 is 6.80 Å². The maximum absolute atomic E-state index is 12.6. The predicted octanol–water partition coefficient (Wildman–Crippen LogP) is 2.75. The van der Waals surface area contributed by atoms with Crippen LogP contribution in [0.25, 0.3) is 0 Å². The van der Waals surface area contributed by atoms with E-state index in [2.05, 4.69) is 0 Å². The summed E-state index contributed by atoms with van der Waals surface area (Å²) in [6.45, 7) is 7.58. The van der Waals surface area contributed by atoms with Gasteiger partial charge in [-0.2, -0.15) is 0 Å². The summed E-state index contributed by atoms with van der Waals surface area (Å²) in [5, 5.41) is 10.0. The van der Waals surface area contributed by atoms with Gasteiger partial charge in [0.15, 0.2) is 0 Å². The largest absolute Gasteiger partial charge is 0.388 e. The summed E-state index contributed by atoms with van der Waals surface area (Å²) < 4.78 is 40.8. The molecular weight excluding hydrogens is 407 g/mol. The third-order valence-electron chi connectivity index (χ3n) is 4.65. The van der Waals surface area contributed by atoms with Crippen LogP contribution < -0.4 is 0 Å². The van der Waals surface area contributed by atoms with Crippen LogP contribution in [-0.4, -0.2) is 77.3 Å². The van der Waals surface area contributed by atoms with Crippen LogP contribution in [0.5, 0.6) is 0 Å². The van der Waals surface area contributed by atoms with E-state index in [4.69, 9.17) is 23.5 Å². The predicted molar refractivity (Wildman–Crippen MR) is 108 cm³/mol. The van der Waals surface area contributed by atoms with E-state index < -0.39 is 31.2 Å². The van der Waals surface area contributed by atoms with Crippen LogP contribution >= 0.6 is 18.2 Å². The average Bonchev–Trinajstić information content (AvgIpc) is 3.04. The van der Waals surface area contributed by atoms with Gasteiger partial charge in [0.2, 0.25) is 0 Å². The number of hydrogen-bond acceptors (Lipinski definition) is 8. The van der Waals surface area contributed by atoms with E-state index >= 15 is 0 Å². The topological polar surface area (TPSA) is 104 Å². The molecule has 2 aliphatic rings. The first-order valence-electron chi connectivity index (χ1n) is 9.90. The molecule has 2 saturated heterocycles. The Hall–Kier alpha value is 0.300. The molecule has 0 spiro atoms. The Morgan fingerprint density at radius 1 is 1.11 bits per heavy atom. The highest BCUT2D eigenvalue weighted by molar-refractivity contribution is 8.55. The van der Waals surface area contributed by atoms with Crippen molar-refractivity contribution in [1.29, 1.82) is 0 Å². The van der Waals surface area contributed by atoms with E-state index in [1.165, 1.54) is 0 Å². The van der Waals surface area contributed by atoms with E-state index in [1.54, 1.807) is 6.92 Å². The Bertz CT molecular complexity index is 534. The van der Waals surface area contributed by atoms with Crippen molar-refractivity contribution >= 4 is 18.2 Å². The fraction of sp³-hybridized carbons (Fsp3) is 1.00. The van der Waals surface area contributed by atoms with Gasteiger partial charge in [-0.1, -0.05) is 0 Å². The fourth-order valence-corrected chi connectivity index (χ4v) is 6.80. The van der Waals surface area contributed by atoms with Gasteiger partial charge in [0.25, 0.3) is 0 Å². The highest BCUT2D eigenvalue weighted by atomic mass is 32.7. The molecule has 8 nitrogen and oxygen atoms in total. The first-order valence-corrected chi connectivity index (χ1v) is 13.0. The molecule has 0 saturated carbocycles. The normalized spacial score (nSPS) is 38.4. The van der Waals surface area contributed by atoms with Gasteiger partial charge in [0, 0.05) is 5.25 Å². The van der Waals surface area contributed by atoms with Crippen LogP contribution in [-0.2, 0) is 28.0 Å². The Labute approximate surface area is 171 Å². The second-order valence-electron chi connectivity index (χ2n) is 8.03. The fourth-order valence-electron chi connectivity index (χ4n) is 3.37. The zero-order valence-electron chi connectivity index (χ0n) is 17.5. The molecule has 8 atom stereocenters. The van der Waals surface area contributed by atoms with Crippen molar-refractivity contribution in [1.82, 2.24) is 0 Å². The zero-order chi connectivity index (χ0) is 21.1. The Kier molecular flexibility index (Phi) is 9.26. The number of aliphatic hydroxyl groups excluding tert-OH is 1. The SMILES string of the molecule is CC(C)OC[C@H]1O[C@@H](C)C[C@H]1SP(=O)(O)OC[C@H]1O[C@@H](C)[C@@H](O)C1OC(C)C. The standard InChI is InChI=1S/C18H35O8PS/c1-10(2)22-8-14-16(7-12(5)25-14)28-27(20,21)23-9-15-18(24-11(3)4)17(19)13(6)26-15/h10-19H,7-9H2,1-6H3,(H,20,21)/t12-,13-,14+,15+,16+,17+,18?/m0/s1. The molecule has 0 aromatic carbocycles. The van der Waals surface area contributed by atoms with Crippen LogP contribution in [0.3, 0.4) is 0 Å². The lowest BCUT2D eigenvalue weighted by Crippen LogP contribution is -2.38. The summed E-state index contributed by atoms with van der Waals surface area (Å²) in [5.41, 5.74) is 0. The zero-order valence-corrected chi connectivity index (χ0v) is 19.2. The molecule has 0 aromatic rings. The van der Waals surface area contributed by atoms with Crippen LogP contribution in [0, 0.1) is 0 Å². The lowest BCUT2D eigenvalue weighted by atomic mass is 10.1. The molecule has 0 aromatic heterocycles. The lowest BCUT2D eigenvalue weighted by molar-refractivity contribution is -0.0752. The quantitative estimate of drug-likeness (QED) is 0.494. The van der Waals surface area contributed by atoms with Crippen molar-refractivity contribution in [3.05, 3.63) is 0 Å². The molecule has 2 aliphatic heterocycles. The molecular formula is C18H35O8PS. The van der Waals surface area contributed by atoms with E-state index in [0.29, 0.717) is 13.0 Å². The second kappa shape index (κ2) is 10.6. The minimum atomic E-state index is -3.94. The van der Waals surface area contributed by atoms with Gasteiger partial charge in [-0.15, -0.1) is 0 Å². The second-order valence-corrected chi connectivity index (χ2v) is 12.1. The molecule has 166 valence electrons. The number of rotatable bonds is 10. The summed E-state index contributed by atoms with van der Waals surface area (Å²) >= 11 is 0.898. The highest BCUT2D eigenvalue weighted by Crippen LogP contribution is 2.60. The van der Waals surface area contributed by atoms with Crippen molar-refractivity contribution in [3.8, 4) is 0 Å². The third kappa shape index (κ3) is 7.22. The summed E-state index contributed by atoms with van der Waals surface area (Å²) in [6, 6.07) is 0. The third-order valence-corrected chi connectivity index (χ3v) is 8.09. The van der Waals surface area contributed by atoms with E-state index in [-0.39, 0.29) is 36.3 Å². The summed E-state index contributed by atoms with van der Waals surface area (Å²) in [5.74, 6) is 0. The monoisotopic (exact) mass is 442 g/mol. The Balaban J connectivity index is 1.90. The molecule has 2 heterocycles. The minimum absolute atomic E-state index is 0.00348.